The van der Waals surface area contributed by atoms with Gasteiger partial charge in [-0.3, -0.25) is 0 Å². The molecule has 0 spiro atoms. The van der Waals surface area contributed by atoms with Gasteiger partial charge >= 0.3 is 5.97 Å². The number of nitrogens with zero attached hydrogens (tertiary/aromatic N) is 1. The SMILES string of the molecule is COC(=O)c1ccc(C)c(CC2CCCCC2c2nc(-c3ccccc3)c(-c3ccccc3)o2)c1. The van der Waals surface area contributed by atoms with Gasteiger partial charge in [0.05, 0.1) is 12.7 Å². The van der Waals surface area contributed by atoms with Crippen LogP contribution in [0, 0.1) is 12.8 Å². The van der Waals surface area contributed by atoms with Gasteiger partial charge in [-0.15, -0.1) is 0 Å². The van der Waals surface area contributed by atoms with E-state index in [9.17, 15) is 4.79 Å². The van der Waals surface area contributed by atoms with E-state index in [1.165, 1.54) is 31.1 Å². The Balaban J connectivity index is 1.51. The summed E-state index contributed by atoms with van der Waals surface area (Å²) in [7, 11) is 1.43. The highest BCUT2D eigenvalue weighted by atomic mass is 16.5. The molecular formula is C31H31NO3. The second kappa shape index (κ2) is 10.3. The standard InChI is InChI=1S/C31H31NO3/c1-21-17-18-25(31(33)34-2)20-26(21)19-24-15-9-10-16-27(24)30-32-28(22-11-5-3-6-12-22)29(35-30)23-13-7-4-8-14-23/h3-8,11-14,17-18,20,24,27H,9-10,15-16,19H2,1-2H3. The maximum atomic E-state index is 12.1. The van der Waals surface area contributed by atoms with Gasteiger partial charge in [-0.1, -0.05) is 79.6 Å². The van der Waals surface area contributed by atoms with E-state index in [1.807, 2.05) is 54.6 Å². The lowest BCUT2D eigenvalue weighted by molar-refractivity contribution is 0.0600. The molecule has 0 amide bonds. The van der Waals surface area contributed by atoms with Crippen molar-refractivity contribution >= 4 is 5.97 Å². The van der Waals surface area contributed by atoms with Crippen LogP contribution in [-0.2, 0) is 11.2 Å². The number of esters is 1. The number of methoxy groups -OCH3 is 1. The van der Waals surface area contributed by atoms with Gasteiger partial charge in [0.25, 0.3) is 0 Å². The number of ether oxygens (including phenoxy) is 1. The number of carbonyl (C=O) groups is 1. The van der Waals surface area contributed by atoms with Crippen molar-refractivity contribution in [3.8, 4) is 22.6 Å². The maximum absolute atomic E-state index is 12.1. The van der Waals surface area contributed by atoms with Crippen LogP contribution in [0.15, 0.2) is 83.3 Å². The van der Waals surface area contributed by atoms with Crippen LogP contribution >= 0.6 is 0 Å². The predicted octanol–water partition coefficient (Wildman–Crippen LogP) is 7.62. The Kier molecular flexibility index (Phi) is 6.80. The average molecular weight is 466 g/mol. The lowest BCUT2D eigenvalue weighted by Crippen LogP contribution is -2.21. The van der Waals surface area contributed by atoms with Gasteiger partial charge in [-0.2, -0.15) is 0 Å². The quantitative estimate of drug-likeness (QED) is 0.275. The summed E-state index contributed by atoms with van der Waals surface area (Å²) in [4.78, 5) is 17.2. The molecule has 1 aliphatic rings. The number of aromatic nitrogens is 1. The van der Waals surface area contributed by atoms with E-state index in [0.29, 0.717) is 11.5 Å². The highest BCUT2D eigenvalue weighted by Gasteiger charge is 2.32. The van der Waals surface area contributed by atoms with Crippen molar-refractivity contribution in [2.24, 2.45) is 5.92 Å². The average Bonchev–Trinajstić information content (AvgIpc) is 3.36. The van der Waals surface area contributed by atoms with E-state index in [4.69, 9.17) is 14.1 Å². The Morgan fingerprint density at radius 3 is 2.34 bits per heavy atom. The maximum Gasteiger partial charge on any atom is 0.337 e. The lowest BCUT2D eigenvalue weighted by atomic mass is 9.75. The fourth-order valence-electron chi connectivity index (χ4n) is 5.27. The molecule has 0 radical (unpaired) electrons. The fraction of sp³-hybridized carbons (Fsp3) is 0.290. The molecule has 4 aromatic rings. The molecule has 1 saturated carbocycles. The fourth-order valence-corrected chi connectivity index (χ4v) is 5.27. The highest BCUT2D eigenvalue weighted by Crippen LogP contribution is 2.43. The predicted molar refractivity (Wildman–Crippen MR) is 138 cm³/mol. The van der Waals surface area contributed by atoms with E-state index in [1.54, 1.807) is 0 Å². The first-order chi connectivity index (χ1) is 17.1. The van der Waals surface area contributed by atoms with Crippen molar-refractivity contribution in [3.63, 3.8) is 0 Å². The minimum atomic E-state index is -0.292. The molecule has 1 aromatic heterocycles. The van der Waals surface area contributed by atoms with Gasteiger partial charge in [0.2, 0.25) is 0 Å². The van der Waals surface area contributed by atoms with Crippen molar-refractivity contribution < 1.29 is 13.9 Å². The largest absolute Gasteiger partial charge is 0.465 e. The molecule has 178 valence electrons. The Bertz CT molecular complexity index is 1240. The van der Waals surface area contributed by atoms with Crippen LogP contribution in [0.3, 0.4) is 0 Å². The second-order valence-electron chi connectivity index (χ2n) is 9.45. The monoisotopic (exact) mass is 465 g/mol. The summed E-state index contributed by atoms with van der Waals surface area (Å²) in [6, 6.07) is 26.4. The molecule has 0 saturated heterocycles. The van der Waals surface area contributed by atoms with E-state index in [2.05, 4.69) is 31.2 Å². The molecule has 0 bridgehead atoms. The molecule has 1 heterocycles. The van der Waals surface area contributed by atoms with Crippen molar-refractivity contribution in [1.29, 1.82) is 0 Å². The minimum Gasteiger partial charge on any atom is -0.465 e. The number of hydrogen-bond donors (Lipinski definition) is 0. The summed E-state index contributed by atoms with van der Waals surface area (Å²) in [6.07, 6.45) is 5.45. The van der Waals surface area contributed by atoms with E-state index in [0.717, 1.165) is 47.7 Å². The minimum absolute atomic E-state index is 0.241. The summed E-state index contributed by atoms with van der Waals surface area (Å²) >= 11 is 0. The van der Waals surface area contributed by atoms with E-state index < -0.39 is 0 Å². The van der Waals surface area contributed by atoms with Crippen molar-refractivity contribution in [1.82, 2.24) is 4.98 Å². The second-order valence-corrected chi connectivity index (χ2v) is 9.45. The van der Waals surface area contributed by atoms with Crippen LogP contribution in [0.1, 0.15) is 59.0 Å². The third-order valence-electron chi connectivity index (χ3n) is 7.21. The Morgan fingerprint density at radius 1 is 0.943 bits per heavy atom. The number of rotatable bonds is 6. The van der Waals surface area contributed by atoms with Crippen LogP contribution in [-0.4, -0.2) is 18.1 Å². The third kappa shape index (κ3) is 4.93. The summed E-state index contributed by atoms with van der Waals surface area (Å²) < 4.78 is 11.5. The number of hydrogen-bond acceptors (Lipinski definition) is 4. The van der Waals surface area contributed by atoms with Gasteiger partial charge in [0.1, 0.15) is 5.69 Å². The van der Waals surface area contributed by atoms with Crippen LogP contribution in [0.2, 0.25) is 0 Å². The van der Waals surface area contributed by atoms with Crippen LogP contribution in [0.25, 0.3) is 22.6 Å². The van der Waals surface area contributed by atoms with Crippen LogP contribution < -0.4 is 0 Å². The lowest BCUT2D eigenvalue weighted by Gasteiger charge is -2.30. The van der Waals surface area contributed by atoms with Gasteiger partial charge in [0.15, 0.2) is 11.7 Å². The summed E-state index contributed by atoms with van der Waals surface area (Å²) in [5, 5.41) is 0. The van der Waals surface area contributed by atoms with Gasteiger partial charge in [-0.05, 0) is 55.4 Å². The van der Waals surface area contributed by atoms with Crippen LogP contribution in [0.5, 0.6) is 0 Å². The first-order valence-electron chi connectivity index (χ1n) is 12.4. The smallest absolute Gasteiger partial charge is 0.337 e. The van der Waals surface area contributed by atoms with Crippen molar-refractivity contribution in [2.75, 3.05) is 7.11 Å². The van der Waals surface area contributed by atoms with E-state index >= 15 is 0 Å². The Hall–Kier alpha value is -3.66. The molecular weight excluding hydrogens is 434 g/mol. The summed E-state index contributed by atoms with van der Waals surface area (Å²) in [5.74, 6) is 2.01. The Labute approximate surface area is 207 Å². The number of carbonyl (C=O) groups excluding carboxylic acids is 1. The molecule has 0 aliphatic heterocycles. The molecule has 4 nitrogen and oxygen atoms in total. The zero-order valence-corrected chi connectivity index (χ0v) is 20.4. The molecule has 35 heavy (non-hydrogen) atoms. The first-order valence-corrected chi connectivity index (χ1v) is 12.4. The highest BCUT2D eigenvalue weighted by molar-refractivity contribution is 5.89. The molecule has 5 rings (SSSR count). The third-order valence-corrected chi connectivity index (χ3v) is 7.21. The zero-order chi connectivity index (χ0) is 24.2. The Morgan fingerprint density at radius 2 is 1.63 bits per heavy atom. The number of oxazole rings is 1. The number of benzene rings is 3. The molecule has 1 fully saturated rings. The summed E-state index contributed by atoms with van der Waals surface area (Å²) in [5.41, 5.74) is 6.01. The molecule has 3 aromatic carbocycles. The zero-order valence-electron chi connectivity index (χ0n) is 20.4. The van der Waals surface area contributed by atoms with Crippen molar-refractivity contribution in [3.05, 3.63) is 101 Å². The topological polar surface area (TPSA) is 52.3 Å². The molecule has 4 heteroatoms. The molecule has 2 unspecified atom stereocenters. The molecule has 2 atom stereocenters. The summed E-state index contributed by atoms with van der Waals surface area (Å²) in [6.45, 7) is 2.11. The van der Waals surface area contributed by atoms with Crippen molar-refractivity contribution in [2.45, 2.75) is 44.9 Å². The van der Waals surface area contributed by atoms with Gasteiger partial charge in [-0.25, -0.2) is 9.78 Å². The van der Waals surface area contributed by atoms with E-state index in [-0.39, 0.29) is 11.9 Å². The number of aryl methyl sites for hydroxylation is 1. The normalized spacial score (nSPS) is 17.8. The molecule has 0 N–H and O–H groups in total. The first kappa shape index (κ1) is 23.1. The van der Waals surface area contributed by atoms with Crippen LogP contribution in [0.4, 0.5) is 0 Å². The molecule has 1 aliphatic carbocycles. The van der Waals surface area contributed by atoms with Gasteiger partial charge < -0.3 is 9.15 Å². The van der Waals surface area contributed by atoms with Gasteiger partial charge in [0, 0.05) is 17.0 Å².